The van der Waals surface area contributed by atoms with Crippen molar-refractivity contribution in [1.82, 2.24) is 9.88 Å². The molecule has 1 aliphatic carbocycles. The minimum absolute atomic E-state index is 0.0456. The van der Waals surface area contributed by atoms with E-state index in [-0.39, 0.29) is 23.6 Å². The van der Waals surface area contributed by atoms with Crippen LogP contribution in [0, 0.1) is 24.6 Å². The predicted molar refractivity (Wildman–Crippen MR) is 89.7 cm³/mol. The average Bonchev–Trinajstić information content (AvgIpc) is 3.13. The number of fused-ring (bicyclic) bond motifs is 2. The number of likely N-dealkylation sites (tertiary alicyclic amines) is 1. The second-order valence-electron chi connectivity index (χ2n) is 7.05. The molecule has 130 valence electrons. The fourth-order valence-electron chi connectivity index (χ4n) is 4.44. The molecule has 1 aromatic carbocycles. The molecular formula is C19H19FN2O3. The molecule has 1 aromatic heterocycles. The molecule has 2 fully saturated rings. The number of nitrogens with zero attached hydrogens (tertiary/aromatic N) is 2. The molecule has 1 aliphatic heterocycles. The van der Waals surface area contributed by atoms with Gasteiger partial charge in [0.25, 0.3) is 5.91 Å². The van der Waals surface area contributed by atoms with Gasteiger partial charge in [0.05, 0.1) is 16.8 Å². The lowest BCUT2D eigenvalue weighted by molar-refractivity contribution is -0.142. The molecule has 2 heterocycles. The van der Waals surface area contributed by atoms with E-state index < -0.39 is 12.0 Å². The molecule has 1 saturated carbocycles. The first-order valence-electron chi connectivity index (χ1n) is 8.56. The third kappa shape index (κ3) is 2.56. The van der Waals surface area contributed by atoms with Crippen LogP contribution < -0.4 is 0 Å². The molecule has 0 spiro atoms. The summed E-state index contributed by atoms with van der Waals surface area (Å²) in [7, 11) is 0. The van der Waals surface area contributed by atoms with Crippen molar-refractivity contribution in [1.29, 1.82) is 0 Å². The zero-order valence-electron chi connectivity index (χ0n) is 13.9. The molecule has 2 aromatic rings. The second kappa shape index (κ2) is 5.79. The van der Waals surface area contributed by atoms with Gasteiger partial charge in [-0.1, -0.05) is 6.42 Å². The smallest absolute Gasteiger partial charge is 0.326 e. The molecule has 1 N–H and O–H groups in total. The van der Waals surface area contributed by atoms with Gasteiger partial charge in [-0.25, -0.2) is 9.18 Å². The van der Waals surface area contributed by atoms with Gasteiger partial charge in [0.2, 0.25) is 0 Å². The van der Waals surface area contributed by atoms with Crippen molar-refractivity contribution >= 4 is 22.8 Å². The maximum atomic E-state index is 13.4. The Morgan fingerprint density at radius 1 is 1.28 bits per heavy atom. The summed E-state index contributed by atoms with van der Waals surface area (Å²) in [5.41, 5.74) is 1.37. The van der Waals surface area contributed by atoms with Crippen LogP contribution in [0.25, 0.3) is 10.9 Å². The zero-order chi connectivity index (χ0) is 17.7. The minimum atomic E-state index is -0.934. The summed E-state index contributed by atoms with van der Waals surface area (Å²) in [6, 6.07) is 5.17. The van der Waals surface area contributed by atoms with Crippen molar-refractivity contribution in [3.63, 3.8) is 0 Å². The summed E-state index contributed by atoms with van der Waals surface area (Å²) in [6.45, 7) is 2.19. The highest BCUT2D eigenvalue weighted by Crippen LogP contribution is 2.42. The number of amides is 1. The van der Waals surface area contributed by atoms with Gasteiger partial charge in [0.15, 0.2) is 0 Å². The van der Waals surface area contributed by atoms with Gasteiger partial charge in [-0.05, 0) is 49.8 Å². The van der Waals surface area contributed by atoms with Crippen LogP contribution in [0.15, 0.2) is 24.3 Å². The number of aliphatic carboxylic acids is 1. The van der Waals surface area contributed by atoms with Gasteiger partial charge in [-0.3, -0.25) is 9.78 Å². The average molecular weight is 342 g/mol. The molecule has 0 bridgehead atoms. The summed E-state index contributed by atoms with van der Waals surface area (Å²) in [5, 5.41) is 10.3. The lowest BCUT2D eigenvalue weighted by Gasteiger charge is -2.25. The van der Waals surface area contributed by atoms with Crippen LogP contribution in [0.1, 0.15) is 35.3 Å². The van der Waals surface area contributed by atoms with Crippen molar-refractivity contribution in [2.75, 3.05) is 6.54 Å². The molecule has 5 nitrogen and oxygen atoms in total. The van der Waals surface area contributed by atoms with E-state index in [1.165, 1.54) is 17.0 Å². The normalized spacial score (nSPS) is 25.4. The van der Waals surface area contributed by atoms with E-state index >= 15 is 0 Å². The number of carboxylic acids is 1. The Labute approximate surface area is 144 Å². The number of hydrogen-bond acceptors (Lipinski definition) is 3. The fraction of sp³-hybridized carbons (Fsp3) is 0.421. The molecule has 0 radical (unpaired) electrons. The molecule has 1 saturated heterocycles. The van der Waals surface area contributed by atoms with Crippen molar-refractivity contribution in [2.24, 2.45) is 11.8 Å². The molecule has 0 unspecified atom stereocenters. The standard InChI is InChI=1S/C19H19FN2O3/c1-10-15(7-11-5-6-13(20)8-16(11)21-10)18(23)22-9-12-3-2-4-14(12)17(22)19(24)25/h5-8,12,14,17H,2-4,9H2,1H3,(H,24,25)/t12-,14+,17-/m0/s1. The Bertz CT molecular complexity index is 882. The van der Waals surface area contributed by atoms with Gasteiger partial charge < -0.3 is 10.0 Å². The quantitative estimate of drug-likeness (QED) is 0.911. The molecule has 25 heavy (non-hydrogen) atoms. The number of carbonyl (C=O) groups is 2. The number of halogens is 1. The van der Waals surface area contributed by atoms with E-state index in [9.17, 15) is 19.1 Å². The summed E-state index contributed by atoms with van der Waals surface area (Å²) in [5.74, 6) is -1.29. The van der Waals surface area contributed by atoms with Crippen LogP contribution in [0.3, 0.4) is 0 Å². The third-order valence-electron chi connectivity index (χ3n) is 5.60. The van der Waals surface area contributed by atoms with Crippen LogP contribution in [0.5, 0.6) is 0 Å². The molecule has 6 heteroatoms. The maximum absolute atomic E-state index is 13.4. The first-order valence-corrected chi connectivity index (χ1v) is 8.56. The Kier molecular flexibility index (Phi) is 3.71. The predicted octanol–water partition coefficient (Wildman–Crippen LogP) is 3.01. The number of aromatic nitrogens is 1. The number of carbonyl (C=O) groups excluding carboxylic acids is 1. The zero-order valence-corrected chi connectivity index (χ0v) is 13.9. The second-order valence-corrected chi connectivity index (χ2v) is 7.05. The molecule has 4 rings (SSSR count). The van der Waals surface area contributed by atoms with Crippen molar-refractivity contribution in [3.05, 3.63) is 41.3 Å². The minimum Gasteiger partial charge on any atom is -0.480 e. The van der Waals surface area contributed by atoms with Crippen LogP contribution in [-0.2, 0) is 4.79 Å². The Balaban J connectivity index is 1.73. The highest BCUT2D eigenvalue weighted by atomic mass is 19.1. The van der Waals surface area contributed by atoms with E-state index in [4.69, 9.17) is 0 Å². The largest absolute Gasteiger partial charge is 0.480 e. The number of pyridine rings is 1. The van der Waals surface area contributed by atoms with E-state index in [0.29, 0.717) is 28.7 Å². The Morgan fingerprint density at radius 3 is 2.84 bits per heavy atom. The Hall–Kier alpha value is -2.50. The van der Waals surface area contributed by atoms with Crippen LogP contribution >= 0.6 is 0 Å². The van der Waals surface area contributed by atoms with Crippen molar-refractivity contribution in [2.45, 2.75) is 32.2 Å². The van der Waals surface area contributed by atoms with Gasteiger partial charge in [-0.2, -0.15) is 0 Å². The number of carboxylic acid groups (broad SMARTS) is 1. The van der Waals surface area contributed by atoms with Gasteiger partial charge in [-0.15, -0.1) is 0 Å². The number of aryl methyl sites for hydroxylation is 1. The van der Waals surface area contributed by atoms with Crippen molar-refractivity contribution in [3.8, 4) is 0 Å². The van der Waals surface area contributed by atoms with Gasteiger partial charge in [0, 0.05) is 18.0 Å². The summed E-state index contributed by atoms with van der Waals surface area (Å²) in [4.78, 5) is 30.7. The highest BCUT2D eigenvalue weighted by molar-refractivity contribution is 6.00. The van der Waals surface area contributed by atoms with Crippen LogP contribution in [-0.4, -0.2) is 39.5 Å². The first kappa shape index (κ1) is 16.0. The summed E-state index contributed by atoms with van der Waals surface area (Å²) < 4.78 is 13.4. The molecular weight excluding hydrogens is 323 g/mol. The van der Waals surface area contributed by atoms with E-state index in [1.807, 2.05) is 0 Å². The van der Waals surface area contributed by atoms with Crippen molar-refractivity contribution < 1.29 is 19.1 Å². The highest BCUT2D eigenvalue weighted by Gasteiger charge is 2.49. The maximum Gasteiger partial charge on any atom is 0.326 e. The monoisotopic (exact) mass is 342 g/mol. The van der Waals surface area contributed by atoms with Gasteiger partial charge >= 0.3 is 5.97 Å². The van der Waals surface area contributed by atoms with Gasteiger partial charge in [0.1, 0.15) is 11.9 Å². The lowest BCUT2D eigenvalue weighted by atomic mass is 9.94. The van der Waals surface area contributed by atoms with E-state index in [0.717, 1.165) is 19.3 Å². The van der Waals surface area contributed by atoms with E-state index in [1.54, 1.807) is 19.1 Å². The first-order chi connectivity index (χ1) is 12.0. The third-order valence-corrected chi connectivity index (χ3v) is 5.60. The molecule has 2 aliphatic rings. The number of rotatable bonds is 2. The van der Waals surface area contributed by atoms with Crippen LogP contribution in [0.4, 0.5) is 4.39 Å². The topological polar surface area (TPSA) is 70.5 Å². The Morgan fingerprint density at radius 2 is 2.08 bits per heavy atom. The van der Waals surface area contributed by atoms with Crippen LogP contribution in [0.2, 0.25) is 0 Å². The molecule has 3 atom stereocenters. The van der Waals surface area contributed by atoms with E-state index in [2.05, 4.69) is 4.98 Å². The number of benzene rings is 1. The lowest BCUT2D eigenvalue weighted by Crippen LogP contribution is -2.43. The summed E-state index contributed by atoms with van der Waals surface area (Å²) in [6.07, 6.45) is 2.87. The SMILES string of the molecule is Cc1nc2cc(F)ccc2cc1C(=O)N1C[C@@H]2CCC[C@H]2[C@H]1C(=O)O. The number of hydrogen-bond donors (Lipinski definition) is 1. The molecule has 1 amide bonds. The fourth-order valence-corrected chi connectivity index (χ4v) is 4.44. The summed E-state index contributed by atoms with van der Waals surface area (Å²) >= 11 is 0.